The fourth-order valence-electron chi connectivity index (χ4n) is 3.74. The zero-order chi connectivity index (χ0) is 19.0. The van der Waals surface area contributed by atoms with Crippen molar-refractivity contribution in [1.29, 1.82) is 0 Å². The van der Waals surface area contributed by atoms with Crippen molar-refractivity contribution in [2.45, 2.75) is 46.1 Å². The predicted molar refractivity (Wildman–Crippen MR) is 102 cm³/mol. The third-order valence-corrected chi connectivity index (χ3v) is 5.25. The molecule has 0 radical (unpaired) electrons. The van der Waals surface area contributed by atoms with Gasteiger partial charge in [-0.15, -0.1) is 0 Å². The monoisotopic (exact) mass is 374 g/mol. The van der Waals surface area contributed by atoms with Gasteiger partial charge in [0.2, 0.25) is 11.9 Å². The zero-order valence-corrected chi connectivity index (χ0v) is 16.0. The highest BCUT2D eigenvalue weighted by atomic mass is 35.5. The van der Waals surface area contributed by atoms with Crippen molar-refractivity contribution in [3.05, 3.63) is 39.3 Å². The molecule has 0 aliphatic carbocycles. The summed E-state index contributed by atoms with van der Waals surface area (Å²) in [5.74, 6) is 0.246. The maximum Gasteiger partial charge on any atom is 0.223 e. The smallest absolute Gasteiger partial charge is 0.223 e. The average Bonchev–Trinajstić information content (AvgIpc) is 2.87. The highest BCUT2D eigenvalue weighted by Crippen LogP contribution is 2.41. The van der Waals surface area contributed by atoms with Crippen LogP contribution in [-0.2, 0) is 17.8 Å². The van der Waals surface area contributed by atoms with Crippen LogP contribution in [0.25, 0.3) is 0 Å². The molecule has 1 aliphatic rings. The van der Waals surface area contributed by atoms with Gasteiger partial charge >= 0.3 is 0 Å². The first kappa shape index (κ1) is 18.4. The Balaban J connectivity index is 1.99. The Bertz CT molecular complexity index is 869. The van der Waals surface area contributed by atoms with Crippen LogP contribution < -0.4 is 16.4 Å². The third-order valence-electron chi connectivity index (χ3n) is 4.96. The molecule has 1 aliphatic heterocycles. The number of carbonyl (C=O) groups is 1. The van der Waals surface area contributed by atoms with Gasteiger partial charge in [0.05, 0.1) is 12.2 Å². The summed E-state index contributed by atoms with van der Waals surface area (Å²) in [6.45, 7) is 7.44. The lowest BCUT2D eigenvalue weighted by Gasteiger charge is -2.21. The van der Waals surface area contributed by atoms with Crippen molar-refractivity contribution in [3.63, 3.8) is 0 Å². The van der Waals surface area contributed by atoms with E-state index in [0.29, 0.717) is 18.9 Å². The first-order valence-corrected chi connectivity index (χ1v) is 8.99. The number of aromatic nitrogens is 3. The van der Waals surface area contributed by atoms with Crippen LogP contribution in [0, 0.1) is 13.8 Å². The van der Waals surface area contributed by atoms with E-state index in [9.17, 15) is 4.79 Å². The van der Waals surface area contributed by atoms with Crippen molar-refractivity contribution in [2.24, 2.45) is 5.73 Å². The second kappa shape index (κ2) is 7.07. The topological polar surface area (TPSA) is 111 Å². The number of primary amides is 1. The Morgan fingerprint density at radius 1 is 1.38 bits per heavy atom. The molecule has 7 nitrogen and oxygen atoms in total. The highest BCUT2D eigenvalue weighted by Gasteiger charge is 2.34. The van der Waals surface area contributed by atoms with Gasteiger partial charge in [-0.3, -0.25) is 9.78 Å². The molecule has 1 amide bonds. The number of fused-ring (bicyclic) bond motifs is 1. The molecule has 0 aromatic carbocycles. The second-order valence-electron chi connectivity index (χ2n) is 6.70. The van der Waals surface area contributed by atoms with E-state index < -0.39 is 0 Å². The minimum Gasteiger partial charge on any atom is -0.370 e. The van der Waals surface area contributed by atoms with E-state index in [-0.39, 0.29) is 29.3 Å². The molecule has 0 saturated carbocycles. The van der Waals surface area contributed by atoms with Gasteiger partial charge in [-0.25, -0.2) is 4.98 Å². The molecule has 1 atom stereocenters. The zero-order valence-electron chi connectivity index (χ0n) is 15.2. The van der Waals surface area contributed by atoms with Gasteiger partial charge in [0, 0.05) is 30.6 Å². The maximum absolute atomic E-state index is 11.5. The minimum absolute atomic E-state index is 0.112. The second-order valence-corrected chi connectivity index (χ2v) is 7.06. The molecule has 4 N–H and O–H groups in total. The van der Waals surface area contributed by atoms with E-state index in [1.54, 1.807) is 0 Å². The number of hydrogen-bond donors (Lipinski definition) is 2. The summed E-state index contributed by atoms with van der Waals surface area (Å²) >= 11 is 6.30. The molecule has 0 bridgehead atoms. The van der Waals surface area contributed by atoms with E-state index in [2.05, 4.69) is 40.6 Å². The molecule has 26 heavy (non-hydrogen) atoms. The number of halogens is 1. The molecule has 2 aromatic heterocycles. The van der Waals surface area contributed by atoms with Crippen molar-refractivity contribution >= 4 is 29.3 Å². The fourth-order valence-corrected chi connectivity index (χ4v) is 4.06. The normalized spacial score (nSPS) is 16.0. The number of nitrogens with zero attached hydrogens (tertiary/aromatic N) is 4. The van der Waals surface area contributed by atoms with Gasteiger partial charge in [-0.1, -0.05) is 18.5 Å². The van der Waals surface area contributed by atoms with Crippen LogP contribution in [0.5, 0.6) is 0 Å². The molecule has 2 aromatic rings. The van der Waals surface area contributed by atoms with Gasteiger partial charge in [0.15, 0.2) is 0 Å². The first-order valence-electron chi connectivity index (χ1n) is 8.61. The molecule has 0 fully saturated rings. The molecule has 0 unspecified atom stereocenters. The maximum atomic E-state index is 11.5. The number of anilines is 2. The van der Waals surface area contributed by atoms with E-state index in [4.69, 9.17) is 23.1 Å². The Hall–Kier alpha value is -2.41. The molecule has 0 saturated heterocycles. The van der Waals surface area contributed by atoms with Crippen LogP contribution in [0.4, 0.5) is 11.8 Å². The summed E-state index contributed by atoms with van der Waals surface area (Å²) in [6.07, 6.45) is 3.05. The Kier molecular flexibility index (Phi) is 5.00. The molecule has 0 spiro atoms. The Morgan fingerprint density at radius 2 is 2.12 bits per heavy atom. The fraction of sp³-hybridized carbons (Fsp3) is 0.444. The Morgan fingerprint density at radius 3 is 2.77 bits per heavy atom. The van der Waals surface area contributed by atoms with Crippen LogP contribution in [0.3, 0.4) is 0 Å². The number of amides is 1. The summed E-state index contributed by atoms with van der Waals surface area (Å²) < 4.78 is 0. The first-order chi connectivity index (χ1) is 12.3. The van der Waals surface area contributed by atoms with Crippen LogP contribution in [0.2, 0.25) is 5.15 Å². The standard InChI is InChI=1S/C18H23ClN6O/c1-4-12-9(2)6-22-13(10(12)3)8-25-7-11(5-14(20)26)15-16(19)23-18(21)24-17(15)25/h6,11H,4-5,7-8H2,1-3H3,(H2,20,26)(H2,21,23,24)/t11-/m0/s1. The lowest BCUT2D eigenvalue weighted by Crippen LogP contribution is -2.25. The molecular weight excluding hydrogens is 352 g/mol. The summed E-state index contributed by atoms with van der Waals surface area (Å²) in [5, 5.41) is 0.282. The van der Waals surface area contributed by atoms with Crippen molar-refractivity contribution in [2.75, 3.05) is 17.2 Å². The molecule has 138 valence electrons. The number of pyridine rings is 1. The van der Waals surface area contributed by atoms with Gasteiger partial charge < -0.3 is 16.4 Å². The Labute approximate surface area is 157 Å². The lowest BCUT2D eigenvalue weighted by atomic mass is 10.00. The number of nitrogen functional groups attached to an aromatic ring is 1. The third kappa shape index (κ3) is 3.31. The number of rotatable bonds is 5. The summed E-state index contributed by atoms with van der Waals surface area (Å²) in [4.78, 5) is 26.5. The number of carbonyl (C=O) groups excluding carboxylic acids is 1. The van der Waals surface area contributed by atoms with Crippen molar-refractivity contribution in [1.82, 2.24) is 15.0 Å². The number of aryl methyl sites for hydroxylation is 1. The van der Waals surface area contributed by atoms with Crippen LogP contribution in [0.1, 0.15) is 47.2 Å². The van der Waals surface area contributed by atoms with Crippen molar-refractivity contribution < 1.29 is 4.79 Å². The lowest BCUT2D eigenvalue weighted by molar-refractivity contribution is -0.118. The van der Waals surface area contributed by atoms with Crippen LogP contribution >= 0.6 is 11.6 Å². The average molecular weight is 375 g/mol. The molecule has 3 heterocycles. The van der Waals surface area contributed by atoms with Gasteiger partial charge in [0.25, 0.3) is 0 Å². The summed E-state index contributed by atoms with van der Waals surface area (Å²) in [7, 11) is 0. The van der Waals surface area contributed by atoms with Gasteiger partial charge in [-0.05, 0) is 37.0 Å². The van der Waals surface area contributed by atoms with Crippen LogP contribution in [0.15, 0.2) is 6.20 Å². The molecule has 3 rings (SSSR count). The van der Waals surface area contributed by atoms with Crippen molar-refractivity contribution in [3.8, 4) is 0 Å². The van der Waals surface area contributed by atoms with Gasteiger partial charge in [0.1, 0.15) is 11.0 Å². The quantitative estimate of drug-likeness (QED) is 0.776. The highest BCUT2D eigenvalue weighted by molar-refractivity contribution is 6.30. The SMILES string of the molecule is CCc1c(C)cnc(CN2C[C@H](CC(N)=O)c3c(Cl)nc(N)nc32)c1C. The largest absolute Gasteiger partial charge is 0.370 e. The minimum atomic E-state index is -0.381. The van der Waals surface area contributed by atoms with E-state index in [1.165, 1.54) is 16.7 Å². The predicted octanol–water partition coefficient (Wildman–Crippen LogP) is 2.27. The van der Waals surface area contributed by atoms with E-state index in [0.717, 1.165) is 17.7 Å². The summed E-state index contributed by atoms with van der Waals surface area (Å²) in [6, 6.07) is 0. The number of nitrogens with two attached hydrogens (primary N) is 2. The molecule has 8 heteroatoms. The summed E-state index contributed by atoms with van der Waals surface area (Å²) in [5.41, 5.74) is 16.6. The van der Waals surface area contributed by atoms with E-state index >= 15 is 0 Å². The van der Waals surface area contributed by atoms with E-state index in [1.807, 2.05) is 6.20 Å². The van der Waals surface area contributed by atoms with Crippen LogP contribution in [-0.4, -0.2) is 27.4 Å². The molecular formula is C18H23ClN6O. The number of hydrogen-bond acceptors (Lipinski definition) is 6. The van der Waals surface area contributed by atoms with Gasteiger partial charge in [-0.2, -0.15) is 4.98 Å².